The predicted molar refractivity (Wildman–Crippen MR) is 153 cm³/mol. The average Bonchev–Trinajstić information content (AvgIpc) is 3.42. The maximum atomic E-state index is 14.5. The predicted octanol–water partition coefficient (Wildman–Crippen LogP) is 2.01. The fourth-order valence-electron chi connectivity index (χ4n) is 10.4. The summed E-state index contributed by atoms with van der Waals surface area (Å²) < 4.78 is 18.8. The van der Waals surface area contributed by atoms with Crippen LogP contribution in [0.5, 0.6) is 0 Å². The van der Waals surface area contributed by atoms with Crippen molar-refractivity contribution in [2.75, 3.05) is 13.2 Å². The SMILES string of the molecule is CC1=C2C(=O)[C@@H]3[C@@H](CC=C4C[C@@H](O[C@H]5O[C@@H](CO)[C@H](O)[C@@H](O)[C@@H]5O)CC[C@]43C)[C@@H]2CC[C@]12O[C@@H]1C[C@H](C)CN[C@H]1[C@@H]2C. The molecule has 7 aliphatic rings. The minimum absolute atomic E-state index is 0.0482. The van der Waals surface area contributed by atoms with Crippen molar-refractivity contribution in [1.82, 2.24) is 5.32 Å². The number of hydrogen-bond acceptors (Lipinski definition) is 9. The van der Waals surface area contributed by atoms with E-state index >= 15 is 0 Å². The van der Waals surface area contributed by atoms with E-state index in [0.29, 0.717) is 42.4 Å². The zero-order chi connectivity index (χ0) is 29.7. The molecule has 5 fully saturated rings. The topological polar surface area (TPSA) is 138 Å². The van der Waals surface area contributed by atoms with Crippen molar-refractivity contribution < 1.29 is 39.4 Å². The Morgan fingerprint density at radius 2 is 1.90 bits per heavy atom. The summed E-state index contributed by atoms with van der Waals surface area (Å²) in [6.45, 7) is 9.60. The highest BCUT2D eigenvalue weighted by Gasteiger charge is 2.63. The van der Waals surface area contributed by atoms with Crippen LogP contribution in [0, 0.1) is 35.0 Å². The highest BCUT2D eigenvalue weighted by Crippen LogP contribution is 2.64. The van der Waals surface area contributed by atoms with Crippen LogP contribution < -0.4 is 5.32 Å². The fourth-order valence-corrected chi connectivity index (χ4v) is 10.4. The summed E-state index contributed by atoms with van der Waals surface area (Å²) in [5, 5.41) is 44.2. The fraction of sp³-hybridized carbons (Fsp3) is 0.848. The van der Waals surface area contributed by atoms with Crippen molar-refractivity contribution in [3.63, 3.8) is 0 Å². The molecule has 3 heterocycles. The number of aliphatic hydroxyl groups is 4. The smallest absolute Gasteiger partial charge is 0.186 e. The first-order valence-corrected chi connectivity index (χ1v) is 16.3. The van der Waals surface area contributed by atoms with Gasteiger partial charge in [-0.25, -0.2) is 0 Å². The second-order valence-corrected chi connectivity index (χ2v) is 14.9. The summed E-state index contributed by atoms with van der Waals surface area (Å²) in [4.78, 5) is 14.5. The van der Waals surface area contributed by atoms with Gasteiger partial charge in [0.15, 0.2) is 12.1 Å². The Bertz CT molecular complexity index is 1170. The number of nitrogens with one attached hydrogen (secondary N) is 1. The van der Waals surface area contributed by atoms with Gasteiger partial charge in [-0.1, -0.05) is 32.4 Å². The molecule has 0 bridgehead atoms. The van der Waals surface area contributed by atoms with Crippen LogP contribution in [0.15, 0.2) is 22.8 Å². The molecule has 0 unspecified atom stereocenters. The molecule has 9 heteroatoms. The molecule has 3 aliphatic heterocycles. The molecule has 2 saturated carbocycles. The Labute approximate surface area is 248 Å². The van der Waals surface area contributed by atoms with Crippen LogP contribution in [0.25, 0.3) is 0 Å². The van der Waals surface area contributed by atoms with Gasteiger partial charge >= 0.3 is 0 Å². The van der Waals surface area contributed by atoms with Crippen molar-refractivity contribution in [3.05, 3.63) is 22.8 Å². The number of ketones is 1. The standard InChI is InChI=1S/C33H49NO8/c1-15-11-22-26(34-13-15)17(3)33(42-22)10-8-20-21-6-5-18-12-19(40-31-30(39)29(38)27(36)23(14-35)41-31)7-9-32(18,4)25(21)28(37)24(20)16(33)2/h5,15,17,19-23,25-27,29-31,34-36,38-39H,6-14H2,1-4H3/t15-,17-,19-,20-,21-,22+,23-,25-,26-,27-,29+,30-,31-,32+,33-/m0/s1. The molecule has 1 spiro atoms. The van der Waals surface area contributed by atoms with Crippen LogP contribution in [-0.2, 0) is 19.0 Å². The van der Waals surface area contributed by atoms with E-state index in [4.69, 9.17) is 14.2 Å². The van der Waals surface area contributed by atoms with E-state index in [1.165, 1.54) is 11.1 Å². The van der Waals surface area contributed by atoms with Gasteiger partial charge in [0, 0.05) is 23.5 Å². The molecule has 0 amide bonds. The summed E-state index contributed by atoms with van der Waals surface area (Å²) in [5.74, 6) is 1.81. The third-order valence-corrected chi connectivity index (χ3v) is 12.8. The van der Waals surface area contributed by atoms with E-state index in [2.05, 4.69) is 39.1 Å². The first kappa shape index (κ1) is 29.5. The summed E-state index contributed by atoms with van der Waals surface area (Å²) in [6.07, 6.45) is 1.93. The zero-order valence-electron chi connectivity index (χ0n) is 25.4. The Balaban J connectivity index is 1.11. The Morgan fingerprint density at radius 3 is 2.67 bits per heavy atom. The minimum Gasteiger partial charge on any atom is -0.394 e. The Morgan fingerprint density at radius 1 is 1.12 bits per heavy atom. The number of carbonyl (C=O) groups excluding carboxylic acids is 1. The Hall–Kier alpha value is -1.17. The van der Waals surface area contributed by atoms with Gasteiger partial charge in [0.25, 0.3) is 0 Å². The van der Waals surface area contributed by atoms with Crippen molar-refractivity contribution in [3.8, 4) is 0 Å². The van der Waals surface area contributed by atoms with Crippen molar-refractivity contribution in [2.24, 2.45) is 35.0 Å². The molecule has 5 N–H and O–H groups in total. The van der Waals surface area contributed by atoms with E-state index in [1.807, 2.05) is 0 Å². The third kappa shape index (κ3) is 4.14. The maximum absolute atomic E-state index is 14.5. The number of allylic oxidation sites excluding steroid dienone is 2. The van der Waals surface area contributed by atoms with Gasteiger partial charge in [0.1, 0.15) is 24.4 Å². The van der Waals surface area contributed by atoms with Crippen molar-refractivity contribution in [2.45, 2.75) is 127 Å². The summed E-state index contributed by atoms with van der Waals surface area (Å²) in [7, 11) is 0. The first-order valence-electron chi connectivity index (χ1n) is 16.3. The highest BCUT2D eigenvalue weighted by atomic mass is 16.7. The lowest BCUT2D eigenvalue weighted by molar-refractivity contribution is -0.312. The first-order chi connectivity index (χ1) is 20.0. The highest BCUT2D eigenvalue weighted by molar-refractivity contribution is 6.02. The minimum atomic E-state index is -1.46. The molecule has 4 aliphatic carbocycles. The molecular weight excluding hydrogens is 538 g/mol. The van der Waals surface area contributed by atoms with E-state index < -0.39 is 37.3 Å². The number of hydrogen-bond donors (Lipinski definition) is 5. The molecule has 9 nitrogen and oxygen atoms in total. The lowest BCUT2D eigenvalue weighted by atomic mass is 9.56. The van der Waals surface area contributed by atoms with Gasteiger partial charge in [-0.05, 0) is 87.2 Å². The van der Waals surface area contributed by atoms with Gasteiger partial charge < -0.3 is 40.0 Å². The average molecular weight is 588 g/mol. The molecule has 234 valence electrons. The van der Waals surface area contributed by atoms with Crippen LogP contribution in [0.1, 0.15) is 72.6 Å². The van der Waals surface area contributed by atoms with E-state index in [9.17, 15) is 25.2 Å². The molecule has 0 aromatic rings. The number of ether oxygens (including phenoxy) is 3. The van der Waals surface area contributed by atoms with E-state index in [-0.39, 0.29) is 35.1 Å². The number of Topliss-reactive ketones (excluding diaryl/α,β-unsaturated/α-hetero) is 1. The zero-order valence-corrected chi connectivity index (χ0v) is 25.4. The second-order valence-electron chi connectivity index (χ2n) is 14.9. The molecule has 3 saturated heterocycles. The quantitative estimate of drug-likeness (QED) is 0.314. The maximum Gasteiger partial charge on any atom is 0.186 e. The molecule has 7 rings (SSSR count). The van der Waals surface area contributed by atoms with Crippen LogP contribution in [0.3, 0.4) is 0 Å². The summed E-state index contributed by atoms with van der Waals surface area (Å²) in [5.41, 5.74) is 2.89. The number of fused-ring (bicyclic) bond motifs is 6. The number of piperidine rings is 1. The largest absolute Gasteiger partial charge is 0.394 e. The molecule has 0 radical (unpaired) electrons. The third-order valence-electron chi connectivity index (χ3n) is 12.8. The van der Waals surface area contributed by atoms with E-state index in [1.54, 1.807) is 0 Å². The number of aliphatic hydroxyl groups excluding tert-OH is 4. The lowest BCUT2D eigenvalue weighted by Gasteiger charge is -2.49. The van der Waals surface area contributed by atoms with Crippen molar-refractivity contribution >= 4 is 5.78 Å². The molecule has 42 heavy (non-hydrogen) atoms. The summed E-state index contributed by atoms with van der Waals surface area (Å²) >= 11 is 0. The van der Waals surface area contributed by atoms with E-state index in [0.717, 1.165) is 44.2 Å². The lowest BCUT2D eigenvalue weighted by Crippen LogP contribution is -2.60. The van der Waals surface area contributed by atoms with Gasteiger partial charge in [-0.15, -0.1) is 0 Å². The van der Waals surface area contributed by atoms with Gasteiger partial charge in [0.05, 0.1) is 24.4 Å². The van der Waals surface area contributed by atoms with Crippen LogP contribution >= 0.6 is 0 Å². The molecular formula is C33H49NO8. The number of rotatable bonds is 3. The molecule has 0 aromatic carbocycles. The molecule has 0 aromatic heterocycles. The number of carbonyl (C=O) groups is 1. The van der Waals surface area contributed by atoms with Crippen LogP contribution in [0.4, 0.5) is 0 Å². The Kier molecular flexibility index (Phi) is 7.34. The van der Waals surface area contributed by atoms with Crippen LogP contribution in [0.2, 0.25) is 0 Å². The second kappa shape index (κ2) is 10.4. The molecule has 15 atom stereocenters. The van der Waals surface area contributed by atoms with Gasteiger partial charge in [-0.2, -0.15) is 0 Å². The van der Waals surface area contributed by atoms with Gasteiger partial charge in [0.2, 0.25) is 0 Å². The normalized spacial score (nSPS) is 53.9. The van der Waals surface area contributed by atoms with Crippen molar-refractivity contribution in [1.29, 1.82) is 0 Å². The summed E-state index contributed by atoms with van der Waals surface area (Å²) in [6, 6.07) is 0.344. The monoisotopic (exact) mass is 587 g/mol. The van der Waals surface area contributed by atoms with Gasteiger partial charge in [-0.3, -0.25) is 4.79 Å². The van der Waals surface area contributed by atoms with Crippen LogP contribution in [-0.4, -0.2) is 93.9 Å².